The van der Waals surface area contributed by atoms with E-state index < -0.39 is 0 Å². The number of phenolic OH excluding ortho intramolecular Hbond substituents is 1. The summed E-state index contributed by atoms with van der Waals surface area (Å²) in [6, 6.07) is 10.1. The van der Waals surface area contributed by atoms with Gasteiger partial charge in [0.15, 0.2) is 5.76 Å². The maximum absolute atomic E-state index is 11.5. The molecule has 80 valence electrons. The lowest BCUT2D eigenvalue weighted by Gasteiger charge is -1.96. The van der Waals surface area contributed by atoms with Gasteiger partial charge >= 0.3 is 0 Å². The Balaban J connectivity index is 2.16. The van der Waals surface area contributed by atoms with Gasteiger partial charge in [0.05, 0.1) is 6.26 Å². The lowest BCUT2D eigenvalue weighted by molar-refractivity contribution is 0.102. The van der Waals surface area contributed by atoms with Crippen LogP contribution in [0.25, 0.3) is 6.08 Å². The number of benzene rings is 1. The molecule has 0 spiro atoms. The molecule has 3 nitrogen and oxygen atoms in total. The fourth-order valence-electron chi connectivity index (χ4n) is 1.29. The molecule has 0 atom stereocenters. The molecule has 2 aromatic rings. The van der Waals surface area contributed by atoms with E-state index in [-0.39, 0.29) is 17.3 Å². The molecule has 1 N–H and O–H groups in total. The minimum absolute atomic E-state index is 0.144. The molecule has 0 amide bonds. The Hall–Kier alpha value is -2.29. The highest BCUT2D eigenvalue weighted by atomic mass is 16.3. The van der Waals surface area contributed by atoms with Crippen molar-refractivity contribution in [3.05, 3.63) is 60.1 Å². The van der Waals surface area contributed by atoms with E-state index in [0.717, 1.165) is 0 Å². The predicted octanol–water partition coefficient (Wildman–Crippen LogP) is 2.88. The van der Waals surface area contributed by atoms with Crippen molar-refractivity contribution in [2.75, 3.05) is 0 Å². The Kier molecular flexibility index (Phi) is 2.87. The molecule has 0 aliphatic carbocycles. The van der Waals surface area contributed by atoms with Gasteiger partial charge in [-0.1, -0.05) is 18.2 Å². The lowest BCUT2D eigenvalue weighted by Crippen LogP contribution is -1.90. The molecule has 0 unspecified atom stereocenters. The minimum Gasteiger partial charge on any atom is -0.507 e. The summed E-state index contributed by atoms with van der Waals surface area (Å²) in [5.74, 6) is 0.200. The Morgan fingerprint density at radius 1 is 1.19 bits per heavy atom. The second-order valence-corrected chi connectivity index (χ2v) is 3.23. The van der Waals surface area contributed by atoms with Crippen molar-refractivity contribution in [2.45, 2.75) is 0 Å². The highest BCUT2D eigenvalue weighted by Gasteiger charge is 2.04. The molecule has 0 radical (unpaired) electrons. The quantitative estimate of drug-likeness (QED) is 0.631. The molecule has 16 heavy (non-hydrogen) atoms. The van der Waals surface area contributed by atoms with Gasteiger partial charge in [-0.2, -0.15) is 0 Å². The summed E-state index contributed by atoms with van der Waals surface area (Å²) in [6.07, 6.45) is 4.37. The third kappa shape index (κ3) is 2.20. The molecule has 0 aliphatic heterocycles. The van der Waals surface area contributed by atoms with Crippen LogP contribution in [0.4, 0.5) is 0 Å². The summed E-state index contributed by atoms with van der Waals surface area (Å²) in [5.41, 5.74) is 0.599. The summed E-state index contributed by atoms with van der Waals surface area (Å²) in [6.45, 7) is 0. The van der Waals surface area contributed by atoms with Crippen LogP contribution in [0.15, 0.2) is 53.2 Å². The summed E-state index contributed by atoms with van der Waals surface area (Å²) in [7, 11) is 0. The van der Waals surface area contributed by atoms with Gasteiger partial charge in [0.1, 0.15) is 5.75 Å². The Morgan fingerprint density at radius 3 is 2.69 bits per heavy atom. The second kappa shape index (κ2) is 4.49. The number of carbonyl (C=O) groups is 1. The fraction of sp³-hybridized carbons (Fsp3) is 0. The topological polar surface area (TPSA) is 50.4 Å². The number of ketones is 1. The zero-order valence-corrected chi connectivity index (χ0v) is 8.46. The molecule has 0 saturated carbocycles. The third-order valence-electron chi connectivity index (χ3n) is 2.12. The van der Waals surface area contributed by atoms with E-state index in [1.54, 1.807) is 42.5 Å². The first-order valence-electron chi connectivity index (χ1n) is 4.81. The van der Waals surface area contributed by atoms with Gasteiger partial charge in [-0.05, 0) is 30.4 Å². The zero-order valence-electron chi connectivity index (χ0n) is 8.46. The van der Waals surface area contributed by atoms with Crippen molar-refractivity contribution in [1.29, 1.82) is 0 Å². The minimum atomic E-state index is -0.228. The monoisotopic (exact) mass is 214 g/mol. The predicted molar refractivity (Wildman–Crippen MR) is 60.2 cm³/mol. The Bertz CT molecular complexity index is 510. The Morgan fingerprint density at radius 2 is 2.00 bits per heavy atom. The standard InChI is InChI=1S/C13H10O3/c14-11-5-2-1-4-10(11)7-8-12(15)13-6-3-9-16-13/h1-9,14H. The molecule has 0 saturated heterocycles. The largest absolute Gasteiger partial charge is 0.507 e. The SMILES string of the molecule is O=C(C=Cc1ccccc1O)c1ccco1. The smallest absolute Gasteiger partial charge is 0.221 e. The zero-order chi connectivity index (χ0) is 11.4. The summed E-state index contributed by atoms with van der Waals surface area (Å²) < 4.78 is 4.95. The first-order valence-corrected chi connectivity index (χ1v) is 4.81. The van der Waals surface area contributed by atoms with Gasteiger partial charge in [0, 0.05) is 5.56 Å². The number of para-hydroxylation sites is 1. The number of furan rings is 1. The van der Waals surface area contributed by atoms with Gasteiger partial charge in [-0.15, -0.1) is 0 Å². The van der Waals surface area contributed by atoms with Gasteiger partial charge in [0.25, 0.3) is 0 Å². The van der Waals surface area contributed by atoms with Crippen molar-refractivity contribution in [2.24, 2.45) is 0 Å². The van der Waals surface area contributed by atoms with Crippen LogP contribution in [0.5, 0.6) is 5.75 Å². The van der Waals surface area contributed by atoms with Crippen LogP contribution in [-0.4, -0.2) is 10.9 Å². The van der Waals surface area contributed by atoms with Crippen LogP contribution in [0.2, 0.25) is 0 Å². The van der Waals surface area contributed by atoms with Crippen LogP contribution in [-0.2, 0) is 0 Å². The molecule has 3 heteroatoms. The number of allylic oxidation sites excluding steroid dienone is 1. The van der Waals surface area contributed by atoms with E-state index in [1.165, 1.54) is 12.3 Å². The first kappa shape index (κ1) is 10.2. The van der Waals surface area contributed by atoms with Gasteiger partial charge in [-0.3, -0.25) is 4.79 Å². The van der Waals surface area contributed by atoms with Gasteiger partial charge in [-0.25, -0.2) is 0 Å². The second-order valence-electron chi connectivity index (χ2n) is 3.23. The average molecular weight is 214 g/mol. The third-order valence-corrected chi connectivity index (χ3v) is 2.12. The maximum Gasteiger partial charge on any atom is 0.221 e. The molecule has 1 aromatic heterocycles. The van der Waals surface area contributed by atoms with Crippen LogP contribution < -0.4 is 0 Å². The van der Waals surface area contributed by atoms with E-state index in [4.69, 9.17) is 4.42 Å². The van der Waals surface area contributed by atoms with Crippen molar-refractivity contribution in [3.8, 4) is 5.75 Å². The summed E-state index contributed by atoms with van der Waals surface area (Å²) in [4.78, 5) is 11.5. The first-order chi connectivity index (χ1) is 7.77. The highest BCUT2D eigenvalue weighted by Crippen LogP contribution is 2.17. The molecule has 0 aliphatic rings. The molecular formula is C13H10O3. The lowest BCUT2D eigenvalue weighted by atomic mass is 10.1. The average Bonchev–Trinajstić information content (AvgIpc) is 2.81. The number of rotatable bonds is 3. The fourth-order valence-corrected chi connectivity index (χ4v) is 1.29. The van der Waals surface area contributed by atoms with Crippen molar-refractivity contribution < 1.29 is 14.3 Å². The summed E-state index contributed by atoms with van der Waals surface area (Å²) >= 11 is 0. The van der Waals surface area contributed by atoms with Crippen LogP contribution >= 0.6 is 0 Å². The highest BCUT2D eigenvalue weighted by molar-refractivity contribution is 6.04. The van der Waals surface area contributed by atoms with E-state index in [0.29, 0.717) is 5.56 Å². The molecule has 1 heterocycles. The van der Waals surface area contributed by atoms with Gasteiger partial charge < -0.3 is 9.52 Å². The van der Waals surface area contributed by atoms with Crippen LogP contribution in [0.1, 0.15) is 16.1 Å². The van der Waals surface area contributed by atoms with Crippen molar-refractivity contribution >= 4 is 11.9 Å². The maximum atomic E-state index is 11.5. The van der Waals surface area contributed by atoms with E-state index in [2.05, 4.69) is 0 Å². The molecule has 0 bridgehead atoms. The van der Waals surface area contributed by atoms with E-state index in [9.17, 15) is 9.90 Å². The van der Waals surface area contributed by atoms with E-state index >= 15 is 0 Å². The molecule has 1 aromatic carbocycles. The summed E-state index contributed by atoms with van der Waals surface area (Å²) in [5, 5.41) is 9.47. The van der Waals surface area contributed by atoms with Crippen LogP contribution in [0.3, 0.4) is 0 Å². The molecule has 0 fully saturated rings. The molecular weight excluding hydrogens is 204 g/mol. The van der Waals surface area contributed by atoms with Crippen LogP contribution in [0, 0.1) is 0 Å². The number of phenols is 1. The molecule has 2 rings (SSSR count). The normalized spacial score (nSPS) is 10.8. The van der Waals surface area contributed by atoms with Crippen molar-refractivity contribution in [1.82, 2.24) is 0 Å². The van der Waals surface area contributed by atoms with E-state index in [1.807, 2.05) is 0 Å². The number of hydrogen-bond acceptors (Lipinski definition) is 3. The number of carbonyl (C=O) groups excluding carboxylic acids is 1. The Labute approximate surface area is 92.6 Å². The number of hydrogen-bond donors (Lipinski definition) is 1. The number of aromatic hydroxyl groups is 1. The van der Waals surface area contributed by atoms with Gasteiger partial charge in [0.2, 0.25) is 5.78 Å². The van der Waals surface area contributed by atoms with Crippen molar-refractivity contribution in [3.63, 3.8) is 0 Å².